The molecule has 0 saturated heterocycles. The molecule has 0 aliphatic carbocycles. The van der Waals surface area contributed by atoms with Gasteiger partial charge in [-0.3, -0.25) is 9.78 Å². The molecule has 0 radical (unpaired) electrons. The van der Waals surface area contributed by atoms with E-state index in [0.717, 1.165) is 17.1 Å². The van der Waals surface area contributed by atoms with Gasteiger partial charge in [0.05, 0.1) is 23.5 Å². The van der Waals surface area contributed by atoms with Crippen LogP contribution in [0.25, 0.3) is 0 Å². The minimum Gasteiger partial charge on any atom is -0.355 e. The van der Waals surface area contributed by atoms with Crippen molar-refractivity contribution in [3.63, 3.8) is 0 Å². The van der Waals surface area contributed by atoms with Crippen LogP contribution in [0.15, 0.2) is 79.0 Å². The average Bonchev–Trinajstić information content (AvgIpc) is 2.62. The number of carbonyl (C=O) groups excluding carboxylic acids is 1. The first-order chi connectivity index (χ1) is 11.3. The molecule has 114 valence electrons. The number of hydrogen-bond acceptors (Lipinski definition) is 3. The lowest BCUT2D eigenvalue weighted by molar-refractivity contribution is 0.0951. The minimum absolute atomic E-state index is 0.130. The number of rotatable bonds is 5. The van der Waals surface area contributed by atoms with Crippen LogP contribution in [0.3, 0.4) is 0 Å². The molecule has 0 atom stereocenters. The second-order valence-electron chi connectivity index (χ2n) is 5.04. The number of hydrogen-bond donors (Lipinski definition) is 2. The van der Waals surface area contributed by atoms with Crippen LogP contribution in [0.2, 0.25) is 0 Å². The molecule has 4 nitrogen and oxygen atoms in total. The monoisotopic (exact) mass is 303 g/mol. The number of para-hydroxylation sites is 2. The van der Waals surface area contributed by atoms with E-state index in [9.17, 15) is 4.79 Å². The lowest BCUT2D eigenvalue weighted by atomic mass is 10.1. The maximum Gasteiger partial charge on any atom is 0.253 e. The Morgan fingerprint density at radius 1 is 0.870 bits per heavy atom. The van der Waals surface area contributed by atoms with Gasteiger partial charge in [0, 0.05) is 11.9 Å². The molecule has 1 amide bonds. The topological polar surface area (TPSA) is 54.0 Å². The van der Waals surface area contributed by atoms with E-state index in [1.807, 2.05) is 66.7 Å². The van der Waals surface area contributed by atoms with Crippen molar-refractivity contribution < 1.29 is 4.79 Å². The van der Waals surface area contributed by atoms with E-state index in [0.29, 0.717) is 12.1 Å². The number of nitrogens with one attached hydrogen (secondary N) is 2. The van der Waals surface area contributed by atoms with Gasteiger partial charge in [-0.05, 0) is 36.4 Å². The highest BCUT2D eigenvalue weighted by atomic mass is 16.1. The normalized spacial score (nSPS) is 10.1. The number of aromatic nitrogens is 1. The molecule has 2 N–H and O–H groups in total. The van der Waals surface area contributed by atoms with Crippen molar-refractivity contribution in [3.05, 3.63) is 90.3 Å². The Hall–Kier alpha value is -3.14. The van der Waals surface area contributed by atoms with Gasteiger partial charge in [0.25, 0.3) is 5.91 Å². The molecule has 0 spiro atoms. The van der Waals surface area contributed by atoms with E-state index < -0.39 is 0 Å². The first-order valence-electron chi connectivity index (χ1n) is 7.42. The molecule has 0 aliphatic rings. The van der Waals surface area contributed by atoms with Crippen LogP contribution in [-0.2, 0) is 6.54 Å². The lowest BCUT2D eigenvalue weighted by Crippen LogP contribution is -2.24. The van der Waals surface area contributed by atoms with Crippen molar-refractivity contribution >= 4 is 17.3 Å². The van der Waals surface area contributed by atoms with E-state index in [-0.39, 0.29) is 5.91 Å². The van der Waals surface area contributed by atoms with Gasteiger partial charge in [-0.1, -0.05) is 36.4 Å². The van der Waals surface area contributed by atoms with Gasteiger partial charge >= 0.3 is 0 Å². The first-order valence-corrected chi connectivity index (χ1v) is 7.42. The van der Waals surface area contributed by atoms with Crippen LogP contribution in [-0.4, -0.2) is 10.9 Å². The Labute approximate surface area is 135 Å². The standard InChI is InChI=1S/C19H17N3O/c23-19(21-14-16-10-6-7-13-20-16)17-11-4-5-12-18(17)22-15-8-2-1-3-9-15/h1-13,22H,14H2,(H,21,23). The number of anilines is 2. The van der Waals surface area contributed by atoms with Crippen molar-refractivity contribution in [3.8, 4) is 0 Å². The molecular formula is C19H17N3O. The van der Waals surface area contributed by atoms with Crippen LogP contribution in [0.4, 0.5) is 11.4 Å². The average molecular weight is 303 g/mol. The quantitative estimate of drug-likeness (QED) is 0.754. The van der Waals surface area contributed by atoms with Crippen LogP contribution in [0, 0.1) is 0 Å². The molecule has 1 heterocycles. The van der Waals surface area contributed by atoms with Crippen LogP contribution in [0.5, 0.6) is 0 Å². The summed E-state index contributed by atoms with van der Waals surface area (Å²) >= 11 is 0. The van der Waals surface area contributed by atoms with Gasteiger partial charge in [0.15, 0.2) is 0 Å². The molecule has 0 aliphatic heterocycles. The summed E-state index contributed by atoms with van der Waals surface area (Å²) in [7, 11) is 0. The van der Waals surface area contributed by atoms with E-state index in [2.05, 4.69) is 15.6 Å². The van der Waals surface area contributed by atoms with Gasteiger partial charge in [0.1, 0.15) is 0 Å². The molecule has 3 aromatic rings. The van der Waals surface area contributed by atoms with Gasteiger partial charge in [0.2, 0.25) is 0 Å². The zero-order chi connectivity index (χ0) is 15.9. The molecular weight excluding hydrogens is 286 g/mol. The predicted octanol–water partition coefficient (Wildman–Crippen LogP) is 3.76. The number of nitrogens with zero attached hydrogens (tertiary/aromatic N) is 1. The number of carbonyl (C=O) groups is 1. The Bertz CT molecular complexity index is 773. The Balaban J connectivity index is 1.73. The van der Waals surface area contributed by atoms with Gasteiger partial charge < -0.3 is 10.6 Å². The molecule has 23 heavy (non-hydrogen) atoms. The summed E-state index contributed by atoms with van der Waals surface area (Å²) in [5.74, 6) is -0.130. The van der Waals surface area contributed by atoms with Gasteiger partial charge in [-0.25, -0.2) is 0 Å². The number of benzene rings is 2. The SMILES string of the molecule is O=C(NCc1ccccn1)c1ccccc1Nc1ccccc1. The van der Waals surface area contributed by atoms with Crippen LogP contribution in [0.1, 0.15) is 16.1 Å². The largest absolute Gasteiger partial charge is 0.355 e. The third-order valence-corrected chi connectivity index (χ3v) is 3.38. The van der Waals surface area contributed by atoms with E-state index in [4.69, 9.17) is 0 Å². The molecule has 0 saturated carbocycles. The van der Waals surface area contributed by atoms with Crippen molar-refractivity contribution in [2.45, 2.75) is 6.54 Å². The van der Waals surface area contributed by atoms with Gasteiger partial charge in [-0.2, -0.15) is 0 Å². The summed E-state index contributed by atoms with van der Waals surface area (Å²) in [6.45, 7) is 0.402. The molecule has 1 aromatic heterocycles. The number of pyridine rings is 1. The Morgan fingerprint density at radius 2 is 1.61 bits per heavy atom. The second kappa shape index (κ2) is 7.22. The van der Waals surface area contributed by atoms with Crippen molar-refractivity contribution in [1.82, 2.24) is 10.3 Å². The summed E-state index contributed by atoms with van der Waals surface area (Å²) < 4.78 is 0. The molecule has 0 unspecified atom stereocenters. The van der Waals surface area contributed by atoms with Crippen molar-refractivity contribution in [2.24, 2.45) is 0 Å². The number of amides is 1. The summed E-state index contributed by atoms with van der Waals surface area (Å²) in [6, 6.07) is 22.9. The summed E-state index contributed by atoms with van der Waals surface area (Å²) in [5, 5.41) is 6.18. The fourth-order valence-corrected chi connectivity index (χ4v) is 2.24. The van der Waals surface area contributed by atoms with E-state index in [1.54, 1.807) is 12.3 Å². The second-order valence-corrected chi connectivity index (χ2v) is 5.04. The van der Waals surface area contributed by atoms with Gasteiger partial charge in [-0.15, -0.1) is 0 Å². The Morgan fingerprint density at radius 3 is 2.39 bits per heavy atom. The third kappa shape index (κ3) is 3.95. The van der Waals surface area contributed by atoms with Crippen LogP contribution >= 0.6 is 0 Å². The molecule has 0 bridgehead atoms. The molecule has 0 fully saturated rings. The minimum atomic E-state index is -0.130. The molecule has 2 aromatic carbocycles. The smallest absolute Gasteiger partial charge is 0.253 e. The van der Waals surface area contributed by atoms with E-state index >= 15 is 0 Å². The lowest BCUT2D eigenvalue weighted by Gasteiger charge is -2.12. The fraction of sp³-hybridized carbons (Fsp3) is 0.0526. The highest BCUT2D eigenvalue weighted by molar-refractivity contribution is 6.00. The third-order valence-electron chi connectivity index (χ3n) is 3.38. The zero-order valence-electron chi connectivity index (χ0n) is 12.6. The van der Waals surface area contributed by atoms with E-state index in [1.165, 1.54) is 0 Å². The summed E-state index contributed by atoms with van der Waals surface area (Å²) in [5.41, 5.74) is 3.15. The molecule has 4 heteroatoms. The molecule has 3 rings (SSSR count). The van der Waals surface area contributed by atoms with Crippen LogP contribution < -0.4 is 10.6 Å². The highest BCUT2D eigenvalue weighted by Gasteiger charge is 2.10. The first kappa shape index (κ1) is 14.8. The Kier molecular flexibility index (Phi) is 4.64. The van der Waals surface area contributed by atoms with Crippen molar-refractivity contribution in [1.29, 1.82) is 0 Å². The zero-order valence-corrected chi connectivity index (χ0v) is 12.6. The predicted molar refractivity (Wildman–Crippen MR) is 91.6 cm³/mol. The maximum absolute atomic E-state index is 12.5. The summed E-state index contributed by atoms with van der Waals surface area (Å²) in [4.78, 5) is 16.7. The maximum atomic E-state index is 12.5. The van der Waals surface area contributed by atoms with Crippen molar-refractivity contribution in [2.75, 3.05) is 5.32 Å². The fourth-order valence-electron chi connectivity index (χ4n) is 2.24. The highest BCUT2D eigenvalue weighted by Crippen LogP contribution is 2.20. The summed E-state index contributed by atoms with van der Waals surface area (Å²) in [6.07, 6.45) is 1.71.